The Morgan fingerprint density at radius 1 is 0.540 bits per heavy atom. The maximum Gasteiger partial charge on any atom is 0.144 e. The van der Waals surface area contributed by atoms with Gasteiger partial charge in [-0.1, -0.05) is 101 Å². The van der Waals surface area contributed by atoms with Gasteiger partial charge in [-0.2, -0.15) is 0 Å². The van der Waals surface area contributed by atoms with Crippen LogP contribution in [0, 0.1) is 0 Å². The van der Waals surface area contributed by atoms with Crippen LogP contribution < -0.4 is 4.74 Å². The number of hydrogen-bond acceptors (Lipinski definition) is 3. The fraction of sp³-hybridized carbons (Fsp3) is 0.156. The van der Waals surface area contributed by atoms with E-state index in [9.17, 15) is 0 Å². The second kappa shape index (κ2) is 12.2. The lowest BCUT2D eigenvalue weighted by atomic mass is 9.77. The molecule has 0 bridgehead atoms. The quantitative estimate of drug-likeness (QED) is 0.172. The van der Waals surface area contributed by atoms with Crippen molar-refractivity contribution < 1.29 is 4.74 Å². The maximum absolute atomic E-state index is 6.84. The second-order valence-electron chi connectivity index (χ2n) is 14.5. The SMILES string of the molecule is CC(C)(C)c1ccnc(-n2c3ccccc3c3ccc(Oc4cc(-c5nccn5-c5ccccc5)cc(C(C)(C)c5ccccc5)c4)cc32)c1. The summed E-state index contributed by atoms with van der Waals surface area (Å²) in [5.41, 5.74) is 7.49. The van der Waals surface area contributed by atoms with Crippen molar-refractivity contribution in [3.63, 3.8) is 0 Å². The van der Waals surface area contributed by atoms with Crippen molar-refractivity contribution in [3.05, 3.63) is 169 Å². The molecule has 3 heterocycles. The number of aromatic nitrogens is 4. The molecular formula is C45H40N4O. The maximum atomic E-state index is 6.84. The van der Waals surface area contributed by atoms with E-state index in [4.69, 9.17) is 14.7 Å². The molecule has 246 valence electrons. The molecule has 0 spiro atoms. The highest BCUT2D eigenvalue weighted by molar-refractivity contribution is 6.09. The molecule has 0 fully saturated rings. The molecule has 3 aromatic heterocycles. The first kappa shape index (κ1) is 31.3. The molecule has 8 rings (SSSR count). The van der Waals surface area contributed by atoms with E-state index >= 15 is 0 Å². The fourth-order valence-electron chi connectivity index (χ4n) is 6.89. The minimum absolute atomic E-state index is 0.00377. The zero-order valence-corrected chi connectivity index (χ0v) is 29.1. The number of rotatable bonds is 7. The van der Waals surface area contributed by atoms with Crippen LogP contribution in [0.2, 0.25) is 0 Å². The summed E-state index contributed by atoms with van der Waals surface area (Å²) in [4.78, 5) is 9.70. The van der Waals surface area contributed by atoms with Gasteiger partial charge in [0.1, 0.15) is 23.1 Å². The molecule has 5 aromatic carbocycles. The highest BCUT2D eigenvalue weighted by atomic mass is 16.5. The van der Waals surface area contributed by atoms with Crippen LogP contribution in [0.25, 0.3) is 44.7 Å². The number of fused-ring (bicyclic) bond motifs is 3. The highest BCUT2D eigenvalue weighted by Crippen LogP contribution is 2.40. The third-order valence-electron chi connectivity index (χ3n) is 9.78. The van der Waals surface area contributed by atoms with Gasteiger partial charge in [-0.05, 0) is 82.8 Å². The van der Waals surface area contributed by atoms with Gasteiger partial charge in [0.2, 0.25) is 0 Å². The Balaban J connectivity index is 1.28. The molecule has 0 aliphatic heterocycles. The highest BCUT2D eigenvalue weighted by Gasteiger charge is 2.26. The summed E-state index contributed by atoms with van der Waals surface area (Å²) in [7, 11) is 0. The fourth-order valence-corrected chi connectivity index (χ4v) is 6.89. The second-order valence-corrected chi connectivity index (χ2v) is 14.5. The molecule has 50 heavy (non-hydrogen) atoms. The molecule has 0 saturated carbocycles. The van der Waals surface area contributed by atoms with E-state index in [1.54, 1.807) is 0 Å². The Bertz CT molecular complexity index is 2470. The van der Waals surface area contributed by atoms with Gasteiger partial charge in [-0.25, -0.2) is 9.97 Å². The predicted octanol–water partition coefficient (Wildman–Crippen LogP) is 11.4. The molecule has 0 aliphatic carbocycles. The standard InChI is InChI=1S/C45H40N4O/c1-44(2,3)33-22-23-46-42(29-33)49-40-19-13-12-18-38(40)39-21-20-36(30-41(39)49)50-37-27-31(43-47-24-25-48(43)35-16-10-7-11-17-35)26-34(28-37)45(4,5)32-14-8-6-9-15-32/h6-30H,1-5H3. The number of benzene rings is 5. The van der Waals surface area contributed by atoms with Crippen LogP contribution in [0.3, 0.4) is 0 Å². The van der Waals surface area contributed by atoms with Gasteiger partial charge in [0.05, 0.1) is 11.0 Å². The third-order valence-corrected chi connectivity index (χ3v) is 9.78. The summed E-state index contributed by atoms with van der Waals surface area (Å²) in [6, 6.07) is 46.7. The van der Waals surface area contributed by atoms with Crippen molar-refractivity contribution in [3.8, 4) is 34.4 Å². The van der Waals surface area contributed by atoms with Crippen LogP contribution in [0.15, 0.2) is 152 Å². The van der Waals surface area contributed by atoms with Crippen molar-refractivity contribution in [2.24, 2.45) is 0 Å². The average molecular weight is 653 g/mol. The van der Waals surface area contributed by atoms with Crippen LogP contribution >= 0.6 is 0 Å². The van der Waals surface area contributed by atoms with Crippen molar-refractivity contribution in [2.75, 3.05) is 0 Å². The predicted molar refractivity (Wildman–Crippen MR) is 205 cm³/mol. The molecule has 5 heteroatoms. The molecule has 0 aliphatic rings. The van der Waals surface area contributed by atoms with Crippen molar-refractivity contribution in [2.45, 2.75) is 45.4 Å². The largest absolute Gasteiger partial charge is 0.457 e. The first-order valence-electron chi connectivity index (χ1n) is 17.1. The summed E-state index contributed by atoms with van der Waals surface area (Å²) >= 11 is 0. The van der Waals surface area contributed by atoms with E-state index in [0.29, 0.717) is 0 Å². The first-order valence-corrected chi connectivity index (χ1v) is 17.1. The van der Waals surface area contributed by atoms with E-state index in [1.807, 2.05) is 36.8 Å². The zero-order chi connectivity index (χ0) is 34.5. The Morgan fingerprint density at radius 3 is 2.04 bits per heavy atom. The number of nitrogens with zero attached hydrogens (tertiary/aromatic N) is 4. The van der Waals surface area contributed by atoms with Crippen molar-refractivity contribution in [1.82, 2.24) is 19.1 Å². The van der Waals surface area contributed by atoms with Crippen LogP contribution in [-0.2, 0) is 10.8 Å². The normalized spacial score (nSPS) is 12.1. The van der Waals surface area contributed by atoms with Crippen LogP contribution in [0.4, 0.5) is 0 Å². The van der Waals surface area contributed by atoms with Gasteiger partial charge in [0.25, 0.3) is 0 Å². The van der Waals surface area contributed by atoms with Crippen molar-refractivity contribution >= 4 is 21.8 Å². The molecular weight excluding hydrogens is 613 g/mol. The van der Waals surface area contributed by atoms with E-state index in [1.165, 1.54) is 16.5 Å². The Kier molecular flexibility index (Phi) is 7.64. The minimum Gasteiger partial charge on any atom is -0.457 e. The van der Waals surface area contributed by atoms with Gasteiger partial charge in [0.15, 0.2) is 0 Å². The number of hydrogen-bond donors (Lipinski definition) is 0. The summed E-state index contributed by atoms with van der Waals surface area (Å²) in [5.74, 6) is 3.24. The summed E-state index contributed by atoms with van der Waals surface area (Å²) < 4.78 is 11.2. The lowest BCUT2D eigenvalue weighted by Gasteiger charge is -2.27. The van der Waals surface area contributed by atoms with Crippen LogP contribution in [-0.4, -0.2) is 19.1 Å². The van der Waals surface area contributed by atoms with Gasteiger partial charge in [0, 0.05) is 52.1 Å². The monoisotopic (exact) mass is 652 g/mol. The van der Waals surface area contributed by atoms with Gasteiger partial charge in [-0.15, -0.1) is 0 Å². The van der Waals surface area contributed by atoms with E-state index < -0.39 is 0 Å². The summed E-state index contributed by atoms with van der Waals surface area (Å²) in [5, 5.41) is 2.33. The van der Waals surface area contributed by atoms with Crippen molar-refractivity contribution in [1.29, 1.82) is 0 Å². The van der Waals surface area contributed by atoms with Gasteiger partial charge in [-0.3, -0.25) is 9.13 Å². The molecule has 0 amide bonds. The molecule has 0 N–H and O–H groups in total. The summed E-state index contributed by atoms with van der Waals surface area (Å²) in [6.07, 6.45) is 5.78. The third kappa shape index (κ3) is 5.65. The topological polar surface area (TPSA) is 44.9 Å². The molecule has 0 saturated heterocycles. The number of pyridine rings is 1. The van der Waals surface area contributed by atoms with Crippen LogP contribution in [0.1, 0.15) is 51.3 Å². The number of para-hydroxylation sites is 2. The Morgan fingerprint density at radius 2 is 1.26 bits per heavy atom. The van der Waals surface area contributed by atoms with E-state index in [-0.39, 0.29) is 10.8 Å². The van der Waals surface area contributed by atoms with Crippen LogP contribution in [0.5, 0.6) is 11.5 Å². The lowest BCUT2D eigenvalue weighted by Crippen LogP contribution is -2.19. The Hall–Kier alpha value is -5.94. The first-order chi connectivity index (χ1) is 24.2. The minimum atomic E-state index is -0.292. The molecule has 8 aromatic rings. The molecule has 0 radical (unpaired) electrons. The Labute approximate surface area is 293 Å². The molecule has 0 unspecified atom stereocenters. The van der Waals surface area contributed by atoms with Gasteiger partial charge < -0.3 is 4.74 Å². The van der Waals surface area contributed by atoms with E-state index in [0.717, 1.165) is 56.4 Å². The van der Waals surface area contributed by atoms with Gasteiger partial charge >= 0.3 is 0 Å². The lowest BCUT2D eigenvalue weighted by molar-refractivity contribution is 0.480. The average Bonchev–Trinajstić information content (AvgIpc) is 3.75. The number of imidazole rings is 1. The molecule has 5 nitrogen and oxygen atoms in total. The zero-order valence-electron chi connectivity index (χ0n) is 29.1. The number of ether oxygens (including phenoxy) is 1. The smallest absolute Gasteiger partial charge is 0.144 e. The van der Waals surface area contributed by atoms with E-state index in [2.05, 4.69) is 159 Å². The molecule has 0 atom stereocenters. The summed E-state index contributed by atoms with van der Waals surface area (Å²) in [6.45, 7) is 11.2.